The Balaban J connectivity index is 1.38. The van der Waals surface area contributed by atoms with Gasteiger partial charge in [-0.2, -0.15) is 0 Å². The Bertz CT molecular complexity index is 1450. The van der Waals surface area contributed by atoms with E-state index in [4.69, 9.17) is 18.8 Å². The number of aryl methyl sites for hydroxylation is 1. The minimum absolute atomic E-state index is 0.0673. The number of nitrogens with zero attached hydrogens (tertiary/aromatic N) is 4. The van der Waals surface area contributed by atoms with E-state index in [1.54, 1.807) is 24.0 Å². The monoisotopic (exact) mass is 513 g/mol. The maximum Gasteiger partial charge on any atom is 0.272 e. The van der Waals surface area contributed by atoms with E-state index in [0.717, 1.165) is 12.0 Å². The van der Waals surface area contributed by atoms with Crippen molar-refractivity contribution in [2.24, 2.45) is 0 Å². The van der Waals surface area contributed by atoms with Crippen molar-refractivity contribution in [3.63, 3.8) is 0 Å². The fourth-order valence-corrected chi connectivity index (χ4v) is 5.36. The third kappa shape index (κ3) is 4.23. The molecule has 1 saturated heterocycles. The lowest BCUT2D eigenvalue weighted by atomic mass is 9.75. The number of aromatic nitrogens is 1. The first-order valence-corrected chi connectivity index (χ1v) is 12.4. The predicted molar refractivity (Wildman–Crippen MR) is 143 cm³/mol. The smallest absolute Gasteiger partial charge is 0.272 e. The molecule has 0 bridgehead atoms. The van der Waals surface area contributed by atoms with Gasteiger partial charge in [-0.15, -0.1) is 4.98 Å². The minimum Gasteiger partial charge on any atom is -0.360 e. The molecule has 2 aliphatic rings. The Labute approximate surface area is 219 Å². The standard InChI is InChI=1S/C28H24FN5O2S/c1-18-15-21(17-32-24(18)30-2)33-26(36)28(12-6-13-28)34(27(33)37)20-9-10-22(23(29)16-20)25(35)31-14-11-19-7-4-3-5-8-19/h3-5,7-10,15-17H,6,11-14H2,1H3,(H,31,35). The fourth-order valence-electron chi connectivity index (χ4n) is 4.89. The van der Waals surface area contributed by atoms with Gasteiger partial charge in [-0.1, -0.05) is 36.9 Å². The lowest BCUT2D eigenvalue weighted by molar-refractivity contribution is -0.123. The number of pyridine rings is 1. The molecule has 2 heterocycles. The maximum absolute atomic E-state index is 15.2. The highest BCUT2D eigenvalue weighted by molar-refractivity contribution is 7.81. The highest BCUT2D eigenvalue weighted by atomic mass is 32.1. The maximum atomic E-state index is 15.2. The number of amides is 2. The van der Waals surface area contributed by atoms with E-state index in [0.29, 0.717) is 42.7 Å². The first-order valence-electron chi connectivity index (χ1n) is 12.0. The SMILES string of the molecule is [C-]#[N+]c1ncc(N2C(=O)C3(CCC3)N(c3ccc(C(=O)NCCc4ccccc4)c(F)c3)C2=S)cc1C. The molecule has 37 heavy (non-hydrogen) atoms. The molecule has 0 unspecified atom stereocenters. The number of benzene rings is 2. The van der Waals surface area contributed by atoms with Gasteiger partial charge in [-0.25, -0.2) is 4.39 Å². The molecule has 0 atom stereocenters. The largest absolute Gasteiger partial charge is 0.360 e. The average Bonchev–Trinajstić information content (AvgIpc) is 3.11. The molecular weight excluding hydrogens is 489 g/mol. The van der Waals surface area contributed by atoms with Gasteiger partial charge in [0.15, 0.2) is 5.11 Å². The number of anilines is 2. The van der Waals surface area contributed by atoms with Crippen LogP contribution in [-0.2, 0) is 11.2 Å². The number of carbonyl (C=O) groups is 2. The van der Waals surface area contributed by atoms with E-state index >= 15 is 4.39 Å². The van der Waals surface area contributed by atoms with Crippen LogP contribution in [-0.4, -0.2) is 34.0 Å². The average molecular weight is 514 g/mol. The molecule has 1 spiro atoms. The van der Waals surface area contributed by atoms with Crippen LogP contribution in [0, 0.1) is 19.3 Å². The highest BCUT2D eigenvalue weighted by Gasteiger charge is 2.59. The van der Waals surface area contributed by atoms with Gasteiger partial charge in [0.2, 0.25) is 0 Å². The number of hydrogen-bond acceptors (Lipinski definition) is 4. The summed E-state index contributed by atoms with van der Waals surface area (Å²) in [5, 5.41) is 2.99. The lowest BCUT2D eigenvalue weighted by Crippen LogP contribution is -2.55. The van der Waals surface area contributed by atoms with Crippen LogP contribution in [0.4, 0.5) is 21.6 Å². The number of carbonyl (C=O) groups excluding carboxylic acids is 2. The van der Waals surface area contributed by atoms with Crippen molar-refractivity contribution in [2.75, 3.05) is 16.3 Å². The zero-order chi connectivity index (χ0) is 26.2. The molecule has 7 nitrogen and oxygen atoms in total. The Morgan fingerprint density at radius 2 is 1.95 bits per heavy atom. The van der Waals surface area contributed by atoms with E-state index in [9.17, 15) is 9.59 Å². The summed E-state index contributed by atoms with van der Waals surface area (Å²) in [4.78, 5) is 36.9. The zero-order valence-electron chi connectivity index (χ0n) is 20.2. The number of hydrogen-bond donors (Lipinski definition) is 1. The van der Waals surface area contributed by atoms with Gasteiger partial charge in [0.05, 0.1) is 11.3 Å². The first kappa shape index (κ1) is 24.5. The molecule has 5 rings (SSSR count). The van der Waals surface area contributed by atoms with Crippen molar-refractivity contribution in [1.82, 2.24) is 10.3 Å². The van der Waals surface area contributed by atoms with Crippen molar-refractivity contribution in [3.8, 4) is 0 Å². The summed E-state index contributed by atoms with van der Waals surface area (Å²) >= 11 is 5.73. The van der Waals surface area contributed by atoms with Crippen LogP contribution in [0.2, 0.25) is 0 Å². The molecule has 9 heteroatoms. The number of thiocarbonyl (C=S) groups is 1. The quantitative estimate of drug-likeness (QED) is 0.366. The van der Waals surface area contributed by atoms with E-state index in [-0.39, 0.29) is 22.4 Å². The van der Waals surface area contributed by atoms with Crippen molar-refractivity contribution >= 4 is 46.3 Å². The van der Waals surface area contributed by atoms with Gasteiger partial charge in [-0.05, 0) is 80.2 Å². The van der Waals surface area contributed by atoms with E-state index in [2.05, 4.69) is 15.1 Å². The Hall–Kier alpha value is -4.16. The van der Waals surface area contributed by atoms with Crippen LogP contribution in [0.3, 0.4) is 0 Å². The van der Waals surface area contributed by atoms with Crippen LogP contribution in [0.5, 0.6) is 0 Å². The van der Waals surface area contributed by atoms with Crippen LogP contribution in [0.1, 0.15) is 40.7 Å². The van der Waals surface area contributed by atoms with Gasteiger partial charge in [0, 0.05) is 12.2 Å². The summed E-state index contributed by atoms with van der Waals surface area (Å²) in [6, 6.07) is 15.8. The molecule has 186 valence electrons. The summed E-state index contributed by atoms with van der Waals surface area (Å²) in [6.07, 6.45) is 4.11. The molecular formula is C28H24FN5O2S. The molecule has 1 saturated carbocycles. The lowest BCUT2D eigenvalue weighted by Gasteiger charge is -2.43. The normalized spacial score (nSPS) is 16.0. The van der Waals surface area contributed by atoms with Gasteiger partial charge >= 0.3 is 0 Å². The third-order valence-corrected chi connectivity index (χ3v) is 7.36. The molecule has 2 aromatic carbocycles. The molecule has 1 aliphatic carbocycles. The predicted octanol–water partition coefficient (Wildman–Crippen LogP) is 5.11. The van der Waals surface area contributed by atoms with Crippen LogP contribution < -0.4 is 15.1 Å². The fraction of sp³-hybridized carbons (Fsp3) is 0.250. The molecule has 2 fully saturated rings. The second-order valence-electron chi connectivity index (χ2n) is 9.25. The van der Waals surface area contributed by atoms with Gasteiger partial charge in [0.1, 0.15) is 17.6 Å². The molecule has 1 N–H and O–H groups in total. The Morgan fingerprint density at radius 1 is 1.19 bits per heavy atom. The second kappa shape index (κ2) is 9.71. The van der Waals surface area contributed by atoms with Crippen LogP contribution in [0.25, 0.3) is 4.85 Å². The van der Waals surface area contributed by atoms with Crippen molar-refractivity contribution in [1.29, 1.82) is 0 Å². The molecule has 3 aromatic rings. The highest BCUT2D eigenvalue weighted by Crippen LogP contribution is 2.48. The zero-order valence-corrected chi connectivity index (χ0v) is 21.0. The summed E-state index contributed by atoms with van der Waals surface area (Å²) in [5.74, 6) is -1.11. The third-order valence-electron chi connectivity index (χ3n) is 6.99. The molecule has 2 amide bonds. The minimum atomic E-state index is -0.893. The van der Waals surface area contributed by atoms with Gasteiger partial charge in [0.25, 0.3) is 17.6 Å². The summed E-state index contributed by atoms with van der Waals surface area (Å²) in [5.41, 5.74) is 1.65. The first-order chi connectivity index (χ1) is 17.9. The van der Waals surface area contributed by atoms with Crippen molar-refractivity contribution in [2.45, 2.75) is 38.1 Å². The van der Waals surface area contributed by atoms with E-state index in [1.165, 1.54) is 23.2 Å². The Kier molecular flexibility index (Phi) is 6.44. The molecule has 1 aromatic heterocycles. The topological polar surface area (TPSA) is 69.9 Å². The Morgan fingerprint density at radius 3 is 2.57 bits per heavy atom. The number of nitrogens with one attached hydrogen (secondary N) is 1. The summed E-state index contributed by atoms with van der Waals surface area (Å²) in [6.45, 7) is 9.35. The van der Waals surface area contributed by atoms with Crippen molar-refractivity contribution in [3.05, 3.63) is 94.7 Å². The second-order valence-corrected chi connectivity index (χ2v) is 9.61. The van der Waals surface area contributed by atoms with Crippen LogP contribution >= 0.6 is 12.2 Å². The number of halogens is 1. The van der Waals surface area contributed by atoms with E-state index < -0.39 is 17.3 Å². The molecule has 1 aliphatic heterocycles. The molecule has 0 radical (unpaired) electrons. The van der Waals surface area contributed by atoms with E-state index in [1.807, 2.05) is 30.3 Å². The number of rotatable bonds is 6. The summed E-state index contributed by atoms with van der Waals surface area (Å²) in [7, 11) is 0. The van der Waals surface area contributed by atoms with Gasteiger partial charge < -0.3 is 15.1 Å². The van der Waals surface area contributed by atoms with Crippen LogP contribution in [0.15, 0.2) is 60.8 Å². The van der Waals surface area contributed by atoms with Crippen molar-refractivity contribution < 1.29 is 14.0 Å². The van der Waals surface area contributed by atoms with Gasteiger partial charge in [-0.3, -0.25) is 14.5 Å². The summed E-state index contributed by atoms with van der Waals surface area (Å²) < 4.78 is 15.2.